The van der Waals surface area contributed by atoms with E-state index in [9.17, 15) is 8.42 Å². The van der Waals surface area contributed by atoms with Gasteiger partial charge < -0.3 is 10.2 Å². The van der Waals surface area contributed by atoms with Gasteiger partial charge in [0.15, 0.2) is 0 Å². The predicted octanol–water partition coefficient (Wildman–Crippen LogP) is -2.26. The van der Waals surface area contributed by atoms with E-state index >= 15 is 0 Å². The van der Waals surface area contributed by atoms with Gasteiger partial charge in [0, 0.05) is 20.6 Å². The van der Waals surface area contributed by atoms with E-state index in [0.29, 0.717) is 0 Å². The van der Waals surface area contributed by atoms with Gasteiger partial charge in [-0.2, -0.15) is 17.4 Å². The Hall–Kier alpha value is -0.210. The Balaban J connectivity index is 3.94. The summed E-state index contributed by atoms with van der Waals surface area (Å²) in [6, 6.07) is 0. The molecule has 7 heteroatoms. The predicted molar refractivity (Wildman–Crippen MR) is 43.7 cm³/mol. The number of rotatable bonds is 5. The van der Waals surface area contributed by atoms with Gasteiger partial charge in [-0.3, -0.25) is 0 Å². The maximum absolute atomic E-state index is 11.0. The maximum Gasteiger partial charge on any atom is 0.279 e. The van der Waals surface area contributed by atoms with Crippen LogP contribution < -0.4 is 4.72 Å². The van der Waals surface area contributed by atoms with E-state index in [-0.39, 0.29) is 6.54 Å². The van der Waals surface area contributed by atoms with Crippen LogP contribution in [-0.2, 0) is 10.2 Å². The van der Waals surface area contributed by atoms with Gasteiger partial charge in [0.25, 0.3) is 10.2 Å². The number of nitrogens with zero attached hydrogens (tertiary/aromatic N) is 1. The summed E-state index contributed by atoms with van der Waals surface area (Å²) in [6.45, 7) is -0.646. The highest BCUT2D eigenvalue weighted by Crippen LogP contribution is 1.88. The SMILES string of the molecule is CN(C)S(=O)(=O)NCC(O)CO. The standard InChI is InChI=1S/C5H14N2O4S/c1-7(2)12(10,11)6-3-5(9)4-8/h5-6,8-9H,3-4H2,1-2H3. The average molecular weight is 198 g/mol. The molecule has 0 bridgehead atoms. The summed E-state index contributed by atoms with van der Waals surface area (Å²) in [6.07, 6.45) is -1.06. The number of aliphatic hydroxyl groups excluding tert-OH is 2. The van der Waals surface area contributed by atoms with E-state index in [2.05, 4.69) is 4.72 Å². The van der Waals surface area contributed by atoms with Crippen LogP contribution in [0.25, 0.3) is 0 Å². The number of hydrogen-bond acceptors (Lipinski definition) is 4. The summed E-state index contributed by atoms with van der Waals surface area (Å²) < 4.78 is 25.0. The van der Waals surface area contributed by atoms with Crippen molar-refractivity contribution in [1.29, 1.82) is 0 Å². The second-order valence-electron chi connectivity index (χ2n) is 2.47. The summed E-state index contributed by atoms with van der Waals surface area (Å²) in [5, 5.41) is 17.2. The van der Waals surface area contributed by atoms with Crippen LogP contribution in [0.2, 0.25) is 0 Å². The normalized spacial score (nSPS) is 15.1. The van der Waals surface area contributed by atoms with Crippen molar-refractivity contribution in [3.05, 3.63) is 0 Å². The van der Waals surface area contributed by atoms with Crippen LogP contribution >= 0.6 is 0 Å². The number of aliphatic hydroxyl groups is 2. The molecule has 0 saturated heterocycles. The minimum atomic E-state index is -3.49. The lowest BCUT2D eigenvalue weighted by Crippen LogP contribution is -2.40. The molecule has 0 aromatic rings. The average Bonchev–Trinajstić information content (AvgIpc) is 2.00. The molecule has 0 aliphatic heterocycles. The Morgan fingerprint density at radius 3 is 2.33 bits per heavy atom. The fourth-order valence-corrected chi connectivity index (χ4v) is 1.06. The zero-order valence-corrected chi connectivity index (χ0v) is 7.87. The van der Waals surface area contributed by atoms with Crippen molar-refractivity contribution in [1.82, 2.24) is 9.03 Å². The minimum absolute atomic E-state index is 0.184. The molecule has 0 rings (SSSR count). The van der Waals surface area contributed by atoms with Crippen molar-refractivity contribution in [2.24, 2.45) is 0 Å². The largest absolute Gasteiger partial charge is 0.394 e. The molecule has 0 aromatic carbocycles. The van der Waals surface area contributed by atoms with Gasteiger partial charge in [-0.05, 0) is 0 Å². The third kappa shape index (κ3) is 3.98. The topological polar surface area (TPSA) is 89.9 Å². The van der Waals surface area contributed by atoms with Gasteiger partial charge in [0.1, 0.15) is 0 Å². The van der Waals surface area contributed by atoms with Crippen molar-refractivity contribution < 1.29 is 18.6 Å². The van der Waals surface area contributed by atoms with Gasteiger partial charge in [-0.1, -0.05) is 0 Å². The van der Waals surface area contributed by atoms with E-state index in [4.69, 9.17) is 10.2 Å². The molecule has 12 heavy (non-hydrogen) atoms. The van der Waals surface area contributed by atoms with Crippen LogP contribution in [-0.4, -0.2) is 56.3 Å². The summed E-state index contributed by atoms with van der Waals surface area (Å²) >= 11 is 0. The molecule has 3 N–H and O–H groups in total. The highest BCUT2D eigenvalue weighted by Gasteiger charge is 2.13. The second kappa shape index (κ2) is 4.73. The molecule has 6 nitrogen and oxygen atoms in total. The third-order valence-corrected chi connectivity index (χ3v) is 2.69. The Labute approximate surface area is 72.0 Å². The van der Waals surface area contributed by atoms with E-state index in [0.717, 1.165) is 4.31 Å². The highest BCUT2D eigenvalue weighted by atomic mass is 32.2. The van der Waals surface area contributed by atoms with Gasteiger partial charge >= 0.3 is 0 Å². The molecular weight excluding hydrogens is 184 g/mol. The molecule has 0 saturated carbocycles. The van der Waals surface area contributed by atoms with E-state index in [1.165, 1.54) is 14.1 Å². The molecule has 1 atom stereocenters. The fraction of sp³-hybridized carbons (Fsp3) is 1.00. The van der Waals surface area contributed by atoms with Crippen LogP contribution in [0.15, 0.2) is 0 Å². The minimum Gasteiger partial charge on any atom is -0.394 e. The van der Waals surface area contributed by atoms with Crippen LogP contribution in [0.5, 0.6) is 0 Å². The zero-order chi connectivity index (χ0) is 9.78. The van der Waals surface area contributed by atoms with Crippen molar-refractivity contribution >= 4 is 10.2 Å². The zero-order valence-electron chi connectivity index (χ0n) is 7.06. The molecule has 0 amide bonds. The van der Waals surface area contributed by atoms with Crippen LogP contribution in [0.3, 0.4) is 0 Å². The second-order valence-corrected chi connectivity index (χ2v) is 4.44. The van der Waals surface area contributed by atoms with Gasteiger partial charge in [0.2, 0.25) is 0 Å². The molecule has 0 heterocycles. The molecule has 0 fully saturated rings. The lowest BCUT2D eigenvalue weighted by molar-refractivity contribution is 0.0985. The Morgan fingerprint density at radius 2 is 2.00 bits per heavy atom. The van der Waals surface area contributed by atoms with Crippen LogP contribution in [0.4, 0.5) is 0 Å². The smallest absolute Gasteiger partial charge is 0.279 e. The van der Waals surface area contributed by atoms with Crippen molar-refractivity contribution in [2.45, 2.75) is 6.10 Å². The van der Waals surface area contributed by atoms with Crippen LogP contribution in [0, 0.1) is 0 Å². The Kier molecular flexibility index (Phi) is 4.64. The lowest BCUT2D eigenvalue weighted by atomic mass is 10.4. The molecule has 74 valence electrons. The first kappa shape index (κ1) is 11.8. The monoisotopic (exact) mass is 198 g/mol. The quantitative estimate of drug-likeness (QED) is 0.465. The first-order valence-electron chi connectivity index (χ1n) is 3.36. The lowest BCUT2D eigenvalue weighted by Gasteiger charge is -2.13. The fourth-order valence-electron chi connectivity index (χ4n) is 0.395. The van der Waals surface area contributed by atoms with Crippen molar-refractivity contribution in [2.75, 3.05) is 27.2 Å². The highest BCUT2D eigenvalue weighted by molar-refractivity contribution is 7.87. The van der Waals surface area contributed by atoms with E-state index in [1.807, 2.05) is 0 Å². The molecule has 0 aromatic heterocycles. The summed E-state index contributed by atoms with van der Waals surface area (Å²) in [4.78, 5) is 0. The van der Waals surface area contributed by atoms with Crippen LogP contribution in [0.1, 0.15) is 0 Å². The summed E-state index contributed by atoms with van der Waals surface area (Å²) in [5.74, 6) is 0. The van der Waals surface area contributed by atoms with Gasteiger partial charge in [-0.15, -0.1) is 0 Å². The van der Waals surface area contributed by atoms with E-state index < -0.39 is 22.9 Å². The third-order valence-electron chi connectivity index (χ3n) is 1.19. The Morgan fingerprint density at radius 1 is 1.50 bits per heavy atom. The van der Waals surface area contributed by atoms with Crippen molar-refractivity contribution in [3.8, 4) is 0 Å². The number of nitrogens with one attached hydrogen (secondary N) is 1. The summed E-state index contributed by atoms with van der Waals surface area (Å²) in [7, 11) is -0.754. The Bertz CT molecular complexity index is 213. The van der Waals surface area contributed by atoms with E-state index in [1.54, 1.807) is 0 Å². The summed E-state index contributed by atoms with van der Waals surface area (Å²) in [5.41, 5.74) is 0. The van der Waals surface area contributed by atoms with Gasteiger partial charge in [0.05, 0.1) is 12.7 Å². The van der Waals surface area contributed by atoms with Gasteiger partial charge in [-0.25, -0.2) is 0 Å². The molecule has 0 aliphatic carbocycles. The molecule has 0 aliphatic rings. The molecule has 1 unspecified atom stereocenters. The first-order valence-corrected chi connectivity index (χ1v) is 4.80. The molecule has 0 spiro atoms. The molecular formula is C5H14N2O4S. The first-order chi connectivity index (χ1) is 5.40. The maximum atomic E-state index is 11.0. The molecule has 0 radical (unpaired) electrons. The van der Waals surface area contributed by atoms with Crippen molar-refractivity contribution in [3.63, 3.8) is 0 Å². The number of hydrogen-bond donors (Lipinski definition) is 3.